The zero-order valence-electron chi connectivity index (χ0n) is 13.0. The molecule has 2 rings (SSSR count). The number of amides is 1. The molecule has 2 atom stereocenters. The maximum absolute atomic E-state index is 12.2. The smallest absolute Gasteiger partial charge is 0.411 e. The van der Waals surface area contributed by atoms with Gasteiger partial charge in [-0.05, 0) is 32.9 Å². The van der Waals surface area contributed by atoms with Crippen LogP contribution in [0, 0.1) is 0 Å². The standard InChI is InChI=1S/C16H21NO5/c1-16(2,3)22-15(20)17-10-12(9-13(17)14(18)19)21-11-7-5-4-6-8-11/h4-8,12-13H,9-10H2,1-3H3,(H,18,19)/t12-,13-/m1/s1. The van der Waals surface area contributed by atoms with Crippen LogP contribution in [0.1, 0.15) is 27.2 Å². The number of carbonyl (C=O) groups excluding carboxylic acids is 1. The first-order valence-electron chi connectivity index (χ1n) is 7.20. The van der Waals surface area contributed by atoms with Crippen molar-refractivity contribution in [2.75, 3.05) is 6.54 Å². The predicted molar refractivity (Wildman–Crippen MR) is 79.8 cm³/mol. The molecule has 1 fully saturated rings. The normalized spacial score (nSPS) is 21.5. The molecule has 0 spiro atoms. The third kappa shape index (κ3) is 4.13. The molecule has 22 heavy (non-hydrogen) atoms. The fraction of sp³-hybridized carbons (Fsp3) is 0.500. The number of nitrogens with zero attached hydrogens (tertiary/aromatic N) is 1. The molecule has 1 heterocycles. The van der Waals surface area contributed by atoms with Crippen LogP contribution in [0.3, 0.4) is 0 Å². The van der Waals surface area contributed by atoms with Crippen molar-refractivity contribution >= 4 is 12.1 Å². The number of para-hydroxylation sites is 1. The Morgan fingerprint density at radius 2 is 1.86 bits per heavy atom. The molecule has 0 unspecified atom stereocenters. The molecule has 1 amide bonds. The molecule has 1 aliphatic heterocycles. The van der Waals surface area contributed by atoms with Gasteiger partial charge in [0.1, 0.15) is 23.5 Å². The third-order valence-electron chi connectivity index (χ3n) is 3.22. The van der Waals surface area contributed by atoms with Gasteiger partial charge in [-0.1, -0.05) is 18.2 Å². The Kier molecular flexibility index (Phi) is 4.59. The Hall–Kier alpha value is -2.24. The van der Waals surface area contributed by atoms with Crippen LogP contribution in [0.5, 0.6) is 5.75 Å². The van der Waals surface area contributed by atoms with Crippen molar-refractivity contribution in [3.05, 3.63) is 30.3 Å². The quantitative estimate of drug-likeness (QED) is 0.928. The number of likely N-dealkylation sites (tertiary alicyclic amines) is 1. The fourth-order valence-electron chi connectivity index (χ4n) is 2.33. The van der Waals surface area contributed by atoms with Crippen molar-refractivity contribution in [2.45, 2.75) is 44.9 Å². The van der Waals surface area contributed by atoms with Crippen LogP contribution in [0.2, 0.25) is 0 Å². The molecule has 0 aromatic heterocycles. The summed E-state index contributed by atoms with van der Waals surface area (Å²) in [4.78, 5) is 24.8. The van der Waals surface area contributed by atoms with E-state index in [2.05, 4.69) is 0 Å². The van der Waals surface area contributed by atoms with Crippen LogP contribution in [-0.4, -0.2) is 46.4 Å². The summed E-state index contributed by atoms with van der Waals surface area (Å²) in [5.41, 5.74) is -0.668. The highest BCUT2D eigenvalue weighted by molar-refractivity contribution is 5.81. The van der Waals surface area contributed by atoms with Crippen molar-refractivity contribution in [1.82, 2.24) is 4.90 Å². The van der Waals surface area contributed by atoms with Gasteiger partial charge in [-0.3, -0.25) is 4.90 Å². The second-order valence-electron chi connectivity index (χ2n) is 6.28. The molecular formula is C16H21NO5. The summed E-state index contributed by atoms with van der Waals surface area (Å²) in [7, 11) is 0. The number of hydrogen-bond acceptors (Lipinski definition) is 4. The lowest BCUT2D eigenvalue weighted by Gasteiger charge is -2.26. The van der Waals surface area contributed by atoms with Crippen molar-refractivity contribution in [3.8, 4) is 5.75 Å². The maximum atomic E-state index is 12.2. The van der Waals surface area contributed by atoms with E-state index in [1.807, 2.05) is 18.2 Å². The minimum Gasteiger partial charge on any atom is -0.488 e. The van der Waals surface area contributed by atoms with E-state index in [0.717, 1.165) is 0 Å². The van der Waals surface area contributed by atoms with Crippen LogP contribution in [0.25, 0.3) is 0 Å². The molecule has 1 N–H and O–H groups in total. The monoisotopic (exact) mass is 307 g/mol. The summed E-state index contributed by atoms with van der Waals surface area (Å²) in [6, 6.07) is 8.21. The predicted octanol–water partition coefficient (Wildman–Crippen LogP) is 2.53. The second kappa shape index (κ2) is 6.25. The van der Waals surface area contributed by atoms with Gasteiger partial charge in [-0.2, -0.15) is 0 Å². The topological polar surface area (TPSA) is 76.1 Å². The lowest BCUT2D eigenvalue weighted by Crippen LogP contribution is -2.43. The van der Waals surface area contributed by atoms with Gasteiger partial charge in [0, 0.05) is 6.42 Å². The Morgan fingerprint density at radius 3 is 2.41 bits per heavy atom. The van der Waals surface area contributed by atoms with Gasteiger partial charge in [-0.15, -0.1) is 0 Å². The largest absolute Gasteiger partial charge is 0.488 e. The molecule has 0 aliphatic carbocycles. The molecule has 0 radical (unpaired) electrons. The Labute approximate surface area is 129 Å². The van der Waals surface area contributed by atoms with Gasteiger partial charge in [0.25, 0.3) is 0 Å². The average Bonchev–Trinajstić information content (AvgIpc) is 2.82. The fourth-order valence-corrected chi connectivity index (χ4v) is 2.33. The van der Waals surface area contributed by atoms with E-state index in [-0.39, 0.29) is 19.1 Å². The number of benzene rings is 1. The van der Waals surface area contributed by atoms with E-state index in [9.17, 15) is 14.7 Å². The first-order chi connectivity index (χ1) is 10.3. The zero-order valence-corrected chi connectivity index (χ0v) is 13.0. The number of carboxylic acids is 1. The molecule has 1 aromatic rings. The molecule has 1 aromatic carbocycles. The highest BCUT2D eigenvalue weighted by atomic mass is 16.6. The summed E-state index contributed by atoms with van der Waals surface area (Å²) >= 11 is 0. The van der Waals surface area contributed by atoms with Crippen LogP contribution in [-0.2, 0) is 9.53 Å². The van der Waals surface area contributed by atoms with Crippen molar-refractivity contribution in [3.63, 3.8) is 0 Å². The van der Waals surface area contributed by atoms with Gasteiger partial charge in [0.15, 0.2) is 0 Å². The highest BCUT2D eigenvalue weighted by Crippen LogP contribution is 2.25. The Morgan fingerprint density at radius 1 is 1.23 bits per heavy atom. The van der Waals surface area contributed by atoms with E-state index < -0.39 is 23.7 Å². The lowest BCUT2D eigenvalue weighted by atomic mass is 10.2. The molecule has 6 heteroatoms. The molecule has 1 aliphatic rings. The summed E-state index contributed by atoms with van der Waals surface area (Å²) in [5.74, 6) is -0.396. The molecule has 1 saturated heterocycles. The molecule has 120 valence electrons. The van der Waals surface area contributed by atoms with E-state index in [1.54, 1.807) is 32.9 Å². The maximum Gasteiger partial charge on any atom is 0.411 e. The number of rotatable bonds is 3. The van der Waals surface area contributed by atoms with Gasteiger partial charge in [0.2, 0.25) is 0 Å². The minimum absolute atomic E-state index is 0.195. The summed E-state index contributed by atoms with van der Waals surface area (Å²) < 4.78 is 11.0. The van der Waals surface area contributed by atoms with Gasteiger partial charge in [0.05, 0.1) is 6.54 Å². The number of aliphatic carboxylic acids is 1. The van der Waals surface area contributed by atoms with E-state index in [4.69, 9.17) is 9.47 Å². The first kappa shape index (κ1) is 16.1. The van der Waals surface area contributed by atoms with Gasteiger partial charge >= 0.3 is 12.1 Å². The SMILES string of the molecule is CC(C)(C)OC(=O)N1C[C@H](Oc2ccccc2)C[C@@H]1C(=O)O. The molecular weight excluding hydrogens is 286 g/mol. The Bertz CT molecular complexity index is 537. The molecule has 6 nitrogen and oxygen atoms in total. The lowest BCUT2D eigenvalue weighted by molar-refractivity contribution is -0.142. The van der Waals surface area contributed by atoms with Crippen LogP contribution >= 0.6 is 0 Å². The zero-order chi connectivity index (χ0) is 16.3. The highest BCUT2D eigenvalue weighted by Gasteiger charge is 2.42. The van der Waals surface area contributed by atoms with Crippen molar-refractivity contribution in [1.29, 1.82) is 0 Å². The number of ether oxygens (including phenoxy) is 2. The number of carbonyl (C=O) groups is 2. The summed E-state index contributed by atoms with van der Waals surface area (Å²) in [5, 5.41) is 9.31. The van der Waals surface area contributed by atoms with E-state index >= 15 is 0 Å². The third-order valence-corrected chi connectivity index (χ3v) is 3.22. The molecule has 0 bridgehead atoms. The van der Waals surface area contributed by atoms with E-state index in [1.165, 1.54) is 4.90 Å². The van der Waals surface area contributed by atoms with Crippen molar-refractivity contribution in [2.24, 2.45) is 0 Å². The van der Waals surface area contributed by atoms with Gasteiger partial charge in [-0.25, -0.2) is 9.59 Å². The first-order valence-corrected chi connectivity index (χ1v) is 7.20. The summed E-state index contributed by atoms with van der Waals surface area (Å²) in [6.45, 7) is 5.43. The van der Waals surface area contributed by atoms with Crippen LogP contribution in [0.4, 0.5) is 4.79 Å². The number of hydrogen-bond donors (Lipinski definition) is 1. The second-order valence-corrected chi connectivity index (χ2v) is 6.28. The number of carboxylic acid groups (broad SMARTS) is 1. The Balaban J connectivity index is 2.06. The molecule has 0 saturated carbocycles. The average molecular weight is 307 g/mol. The van der Waals surface area contributed by atoms with E-state index in [0.29, 0.717) is 5.75 Å². The van der Waals surface area contributed by atoms with Crippen LogP contribution in [0.15, 0.2) is 30.3 Å². The minimum atomic E-state index is -1.05. The van der Waals surface area contributed by atoms with Crippen molar-refractivity contribution < 1.29 is 24.2 Å². The van der Waals surface area contributed by atoms with Gasteiger partial charge < -0.3 is 14.6 Å². The summed E-state index contributed by atoms with van der Waals surface area (Å²) in [6.07, 6.45) is -0.751. The van der Waals surface area contributed by atoms with Crippen LogP contribution < -0.4 is 4.74 Å².